The van der Waals surface area contributed by atoms with Gasteiger partial charge in [0.2, 0.25) is 0 Å². The van der Waals surface area contributed by atoms with Crippen molar-refractivity contribution >= 4 is 0 Å². The molecule has 0 heterocycles. The van der Waals surface area contributed by atoms with Crippen LogP contribution < -0.4 is 0 Å². The Morgan fingerprint density at radius 1 is 0.739 bits per heavy atom. The molecule has 3 nitrogen and oxygen atoms in total. The largest absolute Gasteiger partial charge is 0.379 e. The lowest BCUT2D eigenvalue weighted by Crippen LogP contribution is -2.34. The third-order valence-corrected chi connectivity index (χ3v) is 3.87. The van der Waals surface area contributed by atoms with Crippen LogP contribution >= 0.6 is 0 Å². The Balaban J connectivity index is 2.08. The van der Waals surface area contributed by atoms with Gasteiger partial charge in [-0.1, -0.05) is 86.0 Å². The first-order valence-electron chi connectivity index (χ1n) is 7.45. The number of benzene rings is 2. The SMILES string of the molecule is C=CC(O)(COCC(O)(C=C)c1ccccc1)c1ccccc1. The highest BCUT2D eigenvalue weighted by Gasteiger charge is 2.30. The summed E-state index contributed by atoms with van der Waals surface area (Å²) in [7, 11) is 0. The average molecular weight is 310 g/mol. The quantitative estimate of drug-likeness (QED) is 0.736. The standard InChI is InChI=1S/C20H22O3/c1-3-19(21,17-11-7-5-8-12-17)15-23-16-20(22,4-2)18-13-9-6-10-14-18/h3-14,21-22H,1-2,15-16H2. The van der Waals surface area contributed by atoms with E-state index in [2.05, 4.69) is 13.2 Å². The molecule has 0 aliphatic carbocycles. The number of ether oxygens (including phenoxy) is 1. The lowest BCUT2D eigenvalue weighted by molar-refractivity contribution is -0.0680. The molecule has 0 amide bonds. The summed E-state index contributed by atoms with van der Waals surface area (Å²) in [4.78, 5) is 0. The fourth-order valence-electron chi connectivity index (χ4n) is 2.34. The predicted molar refractivity (Wildman–Crippen MR) is 91.9 cm³/mol. The van der Waals surface area contributed by atoms with E-state index >= 15 is 0 Å². The maximum atomic E-state index is 10.7. The average Bonchev–Trinajstić information content (AvgIpc) is 2.63. The van der Waals surface area contributed by atoms with E-state index in [0.29, 0.717) is 11.1 Å². The van der Waals surface area contributed by atoms with Crippen LogP contribution in [0.3, 0.4) is 0 Å². The highest BCUT2D eigenvalue weighted by atomic mass is 16.5. The van der Waals surface area contributed by atoms with Crippen LogP contribution in [0.1, 0.15) is 11.1 Å². The van der Waals surface area contributed by atoms with E-state index in [1.54, 1.807) is 0 Å². The van der Waals surface area contributed by atoms with Crippen molar-refractivity contribution in [3.63, 3.8) is 0 Å². The van der Waals surface area contributed by atoms with Gasteiger partial charge in [0.05, 0.1) is 13.2 Å². The summed E-state index contributed by atoms with van der Waals surface area (Å²) < 4.78 is 5.61. The number of aliphatic hydroxyl groups is 2. The van der Waals surface area contributed by atoms with E-state index < -0.39 is 11.2 Å². The van der Waals surface area contributed by atoms with Crippen molar-refractivity contribution < 1.29 is 14.9 Å². The summed E-state index contributed by atoms with van der Waals surface area (Å²) in [5.74, 6) is 0. The molecular weight excluding hydrogens is 288 g/mol. The van der Waals surface area contributed by atoms with Gasteiger partial charge in [0, 0.05) is 0 Å². The van der Waals surface area contributed by atoms with Crippen LogP contribution in [-0.2, 0) is 15.9 Å². The van der Waals surface area contributed by atoms with E-state index in [1.165, 1.54) is 12.2 Å². The molecule has 0 aromatic heterocycles. The van der Waals surface area contributed by atoms with Crippen molar-refractivity contribution in [2.24, 2.45) is 0 Å². The lowest BCUT2D eigenvalue weighted by Gasteiger charge is -2.29. The minimum atomic E-state index is -1.31. The van der Waals surface area contributed by atoms with Crippen molar-refractivity contribution in [3.05, 3.63) is 97.1 Å². The van der Waals surface area contributed by atoms with Gasteiger partial charge in [0.1, 0.15) is 11.2 Å². The van der Waals surface area contributed by atoms with E-state index in [0.717, 1.165) is 0 Å². The summed E-state index contributed by atoms with van der Waals surface area (Å²) in [6.07, 6.45) is 2.88. The summed E-state index contributed by atoms with van der Waals surface area (Å²) in [5.41, 5.74) is -1.23. The van der Waals surface area contributed by atoms with Crippen LogP contribution in [0.15, 0.2) is 86.0 Å². The van der Waals surface area contributed by atoms with Crippen LogP contribution in [0.2, 0.25) is 0 Å². The van der Waals surface area contributed by atoms with Crippen LogP contribution in [0.4, 0.5) is 0 Å². The Morgan fingerprint density at radius 3 is 1.39 bits per heavy atom. The summed E-state index contributed by atoms with van der Waals surface area (Å²) in [6.45, 7) is 7.36. The van der Waals surface area contributed by atoms with Gasteiger partial charge < -0.3 is 14.9 Å². The van der Waals surface area contributed by atoms with Crippen LogP contribution in [0, 0.1) is 0 Å². The Bertz CT molecular complexity index is 581. The third kappa shape index (κ3) is 3.96. The summed E-state index contributed by atoms with van der Waals surface area (Å²) in [5, 5.41) is 21.4. The third-order valence-electron chi connectivity index (χ3n) is 3.87. The molecule has 0 spiro atoms. The molecule has 2 atom stereocenters. The van der Waals surface area contributed by atoms with Crippen molar-refractivity contribution in [3.8, 4) is 0 Å². The zero-order valence-electron chi connectivity index (χ0n) is 13.1. The first-order valence-corrected chi connectivity index (χ1v) is 7.45. The molecule has 0 aliphatic rings. The Hall–Kier alpha value is -2.20. The van der Waals surface area contributed by atoms with Gasteiger partial charge >= 0.3 is 0 Å². The smallest absolute Gasteiger partial charge is 0.131 e. The molecule has 0 bridgehead atoms. The lowest BCUT2D eigenvalue weighted by atomic mass is 9.93. The monoisotopic (exact) mass is 310 g/mol. The second-order valence-electron chi connectivity index (χ2n) is 5.48. The minimum absolute atomic E-state index is 0.0104. The van der Waals surface area contributed by atoms with Crippen LogP contribution in [0.25, 0.3) is 0 Å². The highest BCUT2D eigenvalue weighted by molar-refractivity contribution is 5.28. The minimum Gasteiger partial charge on any atom is -0.379 e. The van der Waals surface area contributed by atoms with Crippen molar-refractivity contribution in [1.29, 1.82) is 0 Å². The summed E-state index contributed by atoms with van der Waals surface area (Å²) in [6, 6.07) is 18.3. The zero-order valence-corrected chi connectivity index (χ0v) is 13.1. The second kappa shape index (κ2) is 7.38. The molecule has 0 saturated heterocycles. The molecule has 120 valence electrons. The molecule has 0 saturated carbocycles. The first kappa shape index (κ1) is 17.2. The van der Waals surface area contributed by atoms with Crippen molar-refractivity contribution in [2.75, 3.05) is 13.2 Å². The molecule has 2 aromatic carbocycles. The van der Waals surface area contributed by atoms with Crippen LogP contribution in [-0.4, -0.2) is 23.4 Å². The molecule has 2 unspecified atom stereocenters. The van der Waals surface area contributed by atoms with E-state index in [4.69, 9.17) is 4.74 Å². The van der Waals surface area contributed by atoms with Crippen molar-refractivity contribution in [2.45, 2.75) is 11.2 Å². The predicted octanol–water partition coefficient (Wildman–Crippen LogP) is 3.15. The molecular formula is C20H22O3. The maximum Gasteiger partial charge on any atom is 0.131 e. The van der Waals surface area contributed by atoms with Crippen LogP contribution in [0.5, 0.6) is 0 Å². The summed E-state index contributed by atoms with van der Waals surface area (Å²) >= 11 is 0. The number of hydrogen-bond acceptors (Lipinski definition) is 3. The van der Waals surface area contributed by atoms with Gasteiger partial charge in [-0.3, -0.25) is 0 Å². The van der Waals surface area contributed by atoms with E-state index in [9.17, 15) is 10.2 Å². The molecule has 2 aromatic rings. The highest BCUT2D eigenvalue weighted by Crippen LogP contribution is 2.26. The van der Waals surface area contributed by atoms with E-state index in [-0.39, 0.29) is 13.2 Å². The maximum absolute atomic E-state index is 10.7. The molecule has 2 N–H and O–H groups in total. The fraction of sp³-hybridized carbons (Fsp3) is 0.200. The second-order valence-corrected chi connectivity index (χ2v) is 5.48. The topological polar surface area (TPSA) is 49.7 Å². The number of hydrogen-bond donors (Lipinski definition) is 2. The molecule has 0 radical (unpaired) electrons. The molecule has 23 heavy (non-hydrogen) atoms. The Morgan fingerprint density at radius 2 is 1.09 bits per heavy atom. The Kier molecular flexibility index (Phi) is 5.50. The number of rotatable bonds is 8. The molecule has 0 aliphatic heterocycles. The molecule has 2 rings (SSSR count). The van der Waals surface area contributed by atoms with E-state index in [1.807, 2.05) is 60.7 Å². The molecule has 0 fully saturated rings. The van der Waals surface area contributed by atoms with Gasteiger partial charge in [-0.25, -0.2) is 0 Å². The van der Waals surface area contributed by atoms with Gasteiger partial charge in [-0.15, -0.1) is 0 Å². The Labute approximate surface area is 137 Å². The van der Waals surface area contributed by atoms with Gasteiger partial charge in [0.15, 0.2) is 0 Å². The fourth-order valence-corrected chi connectivity index (χ4v) is 2.34. The zero-order chi connectivity index (χ0) is 16.8. The van der Waals surface area contributed by atoms with Gasteiger partial charge in [-0.05, 0) is 11.1 Å². The normalized spacial score (nSPS) is 16.1. The van der Waals surface area contributed by atoms with Gasteiger partial charge in [0.25, 0.3) is 0 Å². The first-order chi connectivity index (χ1) is 11.0. The van der Waals surface area contributed by atoms with Crippen molar-refractivity contribution in [1.82, 2.24) is 0 Å². The van der Waals surface area contributed by atoms with Gasteiger partial charge in [-0.2, -0.15) is 0 Å². The molecule has 3 heteroatoms.